The summed E-state index contributed by atoms with van der Waals surface area (Å²) in [7, 11) is 1.46. The van der Waals surface area contributed by atoms with Crippen LogP contribution in [-0.4, -0.2) is 24.0 Å². The number of nitrogens with zero attached hydrogens (tertiary/aromatic N) is 5. The van der Waals surface area contributed by atoms with Crippen LogP contribution in [0.4, 0.5) is 5.69 Å². The molecule has 0 N–H and O–H groups in total. The lowest BCUT2D eigenvalue weighted by Crippen LogP contribution is -2.39. The van der Waals surface area contributed by atoms with Crippen molar-refractivity contribution >= 4 is 28.5 Å². The minimum Gasteiger partial charge on any atom is -0.277 e. The lowest BCUT2D eigenvalue weighted by Gasteiger charge is -2.15. The number of benzene rings is 1. The summed E-state index contributed by atoms with van der Waals surface area (Å²) in [6, 6.07) is 6.27. The van der Waals surface area contributed by atoms with E-state index in [1.165, 1.54) is 35.5 Å². The first-order chi connectivity index (χ1) is 14.2. The van der Waals surface area contributed by atoms with E-state index in [0.717, 1.165) is 16.6 Å². The van der Waals surface area contributed by atoms with E-state index in [2.05, 4.69) is 9.97 Å². The summed E-state index contributed by atoms with van der Waals surface area (Å²) in [6.07, 6.45) is 0.722. The van der Waals surface area contributed by atoms with Crippen molar-refractivity contribution in [3.8, 4) is 0 Å². The number of fused-ring (bicyclic) bond motifs is 1. The number of nitro groups is 1. The summed E-state index contributed by atoms with van der Waals surface area (Å²) < 4.78 is 2.62. The van der Waals surface area contributed by atoms with Crippen LogP contribution in [0.2, 0.25) is 0 Å². The van der Waals surface area contributed by atoms with Crippen LogP contribution in [0, 0.1) is 10.1 Å². The molecule has 0 fully saturated rings. The predicted molar refractivity (Wildman–Crippen MR) is 116 cm³/mol. The maximum Gasteiger partial charge on any atom is 0.332 e. The summed E-state index contributed by atoms with van der Waals surface area (Å²) in [5.41, 5.74) is 0.422. The molecular formula is C20H23N5O4S. The molecule has 158 valence electrons. The van der Waals surface area contributed by atoms with Gasteiger partial charge in [0.15, 0.2) is 5.65 Å². The van der Waals surface area contributed by atoms with Crippen molar-refractivity contribution in [1.29, 1.82) is 0 Å². The van der Waals surface area contributed by atoms with Crippen LogP contribution in [0.1, 0.15) is 44.5 Å². The van der Waals surface area contributed by atoms with Gasteiger partial charge in [0.25, 0.3) is 11.2 Å². The van der Waals surface area contributed by atoms with Gasteiger partial charge in [-0.25, -0.2) is 14.8 Å². The van der Waals surface area contributed by atoms with Crippen LogP contribution in [-0.2, 0) is 19.3 Å². The molecule has 3 rings (SSSR count). The van der Waals surface area contributed by atoms with Crippen molar-refractivity contribution in [2.45, 2.75) is 50.4 Å². The fraction of sp³-hybridized carbons (Fsp3) is 0.400. The third kappa shape index (κ3) is 4.13. The summed E-state index contributed by atoms with van der Waals surface area (Å²) in [4.78, 5) is 45.1. The Bertz CT molecular complexity index is 1220. The van der Waals surface area contributed by atoms with Gasteiger partial charge in [0, 0.05) is 37.4 Å². The zero-order chi connectivity index (χ0) is 22.0. The minimum absolute atomic E-state index is 0.0161. The zero-order valence-corrected chi connectivity index (χ0v) is 18.1. The standard InChI is InChI=1S/C20H23N5O4S/c1-5-10-24-17-15(19(26)23(4)20(24)27)18(22-16(21-17)12(2)3)30-11-13-6-8-14(9-7-13)25(28)29/h6-9,12H,5,10-11H2,1-4H3. The molecule has 0 aliphatic heterocycles. The molecule has 3 aromatic rings. The van der Waals surface area contributed by atoms with Crippen LogP contribution in [0.15, 0.2) is 38.9 Å². The summed E-state index contributed by atoms with van der Waals surface area (Å²) >= 11 is 1.35. The second-order valence-corrected chi connectivity index (χ2v) is 8.21. The molecule has 2 heterocycles. The number of thioether (sulfide) groups is 1. The van der Waals surface area contributed by atoms with Crippen LogP contribution < -0.4 is 11.2 Å². The first kappa shape index (κ1) is 21.7. The van der Waals surface area contributed by atoms with Crippen LogP contribution in [0.5, 0.6) is 0 Å². The molecule has 2 aromatic heterocycles. The predicted octanol–water partition coefficient (Wildman–Crippen LogP) is 3.22. The van der Waals surface area contributed by atoms with Crippen molar-refractivity contribution in [2.24, 2.45) is 7.05 Å². The number of rotatable bonds is 7. The molecule has 0 unspecified atom stereocenters. The van der Waals surface area contributed by atoms with Crippen molar-refractivity contribution in [1.82, 2.24) is 19.1 Å². The second-order valence-electron chi connectivity index (χ2n) is 7.25. The quantitative estimate of drug-likeness (QED) is 0.245. The summed E-state index contributed by atoms with van der Waals surface area (Å²) in [5, 5.41) is 11.7. The van der Waals surface area contributed by atoms with Crippen molar-refractivity contribution in [3.05, 3.63) is 66.6 Å². The molecule has 0 saturated heterocycles. The van der Waals surface area contributed by atoms with E-state index in [-0.39, 0.29) is 11.6 Å². The fourth-order valence-electron chi connectivity index (χ4n) is 3.01. The Labute approximate surface area is 176 Å². The molecule has 1 aromatic carbocycles. The van der Waals surface area contributed by atoms with Gasteiger partial charge in [-0.15, -0.1) is 11.8 Å². The first-order valence-electron chi connectivity index (χ1n) is 9.62. The van der Waals surface area contributed by atoms with E-state index in [9.17, 15) is 19.7 Å². The average molecular weight is 430 g/mol. The van der Waals surface area contributed by atoms with E-state index in [1.54, 1.807) is 12.1 Å². The molecule has 0 aliphatic carbocycles. The number of aromatic nitrogens is 4. The van der Waals surface area contributed by atoms with E-state index >= 15 is 0 Å². The number of hydrogen-bond donors (Lipinski definition) is 0. The van der Waals surface area contributed by atoms with Crippen LogP contribution in [0.3, 0.4) is 0 Å². The number of non-ortho nitro benzene ring substituents is 1. The molecule has 0 amide bonds. The van der Waals surface area contributed by atoms with Gasteiger partial charge in [-0.3, -0.25) is 24.0 Å². The maximum atomic E-state index is 12.9. The number of nitro benzene ring substituents is 1. The SMILES string of the molecule is CCCn1c(=O)n(C)c(=O)c2c(SCc3ccc([N+](=O)[O-])cc3)nc(C(C)C)nc21. The Hall–Kier alpha value is -3.01. The van der Waals surface area contributed by atoms with Crippen LogP contribution in [0.25, 0.3) is 11.0 Å². The highest BCUT2D eigenvalue weighted by atomic mass is 32.2. The average Bonchev–Trinajstić information content (AvgIpc) is 2.73. The Morgan fingerprint density at radius 3 is 2.40 bits per heavy atom. The normalized spacial score (nSPS) is 11.4. The van der Waals surface area contributed by atoms with Gasteiger partial charge in [-0.05, 0) is 12.0 Å². The second kappa shape index (κ2) is 8.78. The molecule has 9 nitrogen and oxygen atoms in total. The van der Waals surface area contributed by atoms with Crippen molar-refractivity contribution in [3.63, 3.8) is 0 Å². The third-order valence-corrected chi connectivity index (χ3v) is 5.70. The van der Waals surface area contributed by atoms with Crippen LogP contribution >= 0.6 is 11.8 Å². The topological polar surface area (TPSA) is 113 Å². The lowest BCUT2D eigenvalue weighted by atomic mass is 10.2. The van der Waals surface area contributed by atoms with Gasteiger partial charge in [-0.1, -0.05) is 32.9 Å². The van der Waals surface area contributed by atoms with Crippen molar-refractivity contribution in [2.75, 3.05) is 0 Å². The zero-order valence-electron chi connectivity index (χ0n) is 17.3. The fourth-order valence-corrected chi connectivity index (χ4v) is 3.98. The van der Waals surface area contributed by atoms with E-state index in [4.69, 9.17) is 0 Å². The molecule has 10 heteroatoms. The highest BCUT2D eigenvalue weighted by Crippen LogP contribution is 2.28. The molecule has 0 atom stereocenters. The number of aryl methyl sites for hydroxylation is 1. The maximum absolute atomic E-state index is 12.9. The first-order valence-corrected chi connectivity index (χ1v) is 10.6. The highest BCUT2D eigenvalue weighted by Gasteiger charge is 2.19. The highest BCUT2D eigenvalue weighted by molar-refractivity contribution is 7.98. The molecular weight excluding hydrogens is 406 g/mol. The summed E-state index contributed by atoms with van der Waals surface area (Å²) in [6.45, 7) is 6.31. The van der Waals surface area contributed by atoms with E-state index in [1.807, 2.05) is 20.8 Å². The number of hydrogen-bond acceptors (Lipinski definition) is 7. The molecule has 0 aliphatic rings. The Kier molecular flexibility index (Phi) is 6.35. The van der Waals surface area contributed by atoms with E-state index in [0.29, 0.717) is 34.2 Å². The van der Waals surface area contributed by atoms with E-state index < -0.39 is 16.2 Å². The molecule has 0 radical (unpaired) electrons. The van der Waals surface area contributed by atoms with Gasteiger partial charge in [-0.2, -0.15) is 0 Å². The Balaban J connectivity index is 2.13. The Morgan fingerprint density at radius 1 is 1.17 bits per heavy atom. The van der Waals surface area contributed by atoms with Gasteiger partial charge in [0.2, 0.25) is 0 Å². The molecule has 0 saturated carbocycles. The molecule has 0 bridgehead atoms. The Morgan fingerprint density at radius 2 is 1.83 bits per heavy atom. The van der Waals surface area contributed by atoms with Crippen molar-refractivity contribution < 1.29 is 4.92 Å². The monoisotopic (exact) mass is 429 g/mol. The third-order valence-electron chi connectivity index (χ3n) is 4.65. The van der Waals surface area contributed by atoms with Gasteiger partial charge >= 0.3 is 5.69 Å². The van der Waals surface area contributed by atoms with Gasteiger partial charge in [0.05, 0.1) is 4.92 Å². The van der Waals surface area contributed by atoms with Gasteiger partial charge < -0.3 is 0 Å². The minimum atomic E-state index is -0.444. The molecule has 30 heavy (non-hydrogen) atoms. The molecule has 0 spiro atoms. The largest absolute Gasteiger partial charge is 0.332 e. The lowest BCUT2D eigenvalue weighted by molar-refractivity contribution is -0.384. The smallest absolute Gasteiger partial charge is 0.277 e. The van der Waals surface area contributed by atoms with Gasteiger partial charge in [0.1, 0.15) is 16.2 Å². The summed E-state index contributed by atoms with van der Waals surface area (Å²) in [5.74, 6) is 1.05.